The van der Waals surface area contributed by atoms with Gasteiger partial charge in [-0.2, -0.15) is 13.2 Å². The van der Waals surface area contributed by atoms with E-state index >= 15 is 0 Å². The molecular formula is C27H27F4N5O4. The van der Waals surface area contributed by atoms with Crippen molar-refractivity contribution in [2.45, 2.75) is 6.18 Å². The number of carbonyl (C=O) groups excluding carboxylic acids is 2. The summed E-state index contributed by atoms with van der Waals surface area (Å²) in [5, 5.41) is 16.2. The normalized spacial score (nSPS) is 13.5. The summed E-state index contributed by atoms with van der Waals surface area (Å²) < 4.78 is 59.5. The molecular weight excluding hydrogens is 534 g/mol. The third kappa shape index (κ3) is 7.32. The summed E-state index contributed by atoms with van der Waals surface area (Å²) in [6, 6.07) is 14.7. The van der Waals surface area contributed by atoms with Gasteiger partial charge in [-0.15, -0.1) is 0 Å². The van der Waals surface area contributed by atoms with Gasteiger partial charge in [-0.05, 0) is 54.6 Å². The molecule has 0 unspecified atom stereocenters. The molecule has 1 heterocycles. The second-order valence-electron chi connectivity index (χ2n) is 8.79. The van der Waals surface area contributed by atoms with Gasteiger partial charge in [0.25, 0.3) is 0 Å². The van der Waals surface area contributed by atoms with Gasteiger partial charge in [0.1, 0.15) is 18.2 Å². The molecule has 212 valence electrons. The SMILES string of the molecule is O=C(Nc1ccc(N2CCN(C(=O)Nc3ccc(OCCO)cc3C(F)(F)F)CC2)cc1)Nc1ccccc1F. The van der Waals surface area contributed by atoms with Gasteiger partial charge in [-0.25, -0.2) is 14.0 Å². The third-order valence-corrected chi connectivity index (χ3v) is 6.08. The van der Waals surface area contributed by atoms with Crippen molar-refractivity contribution in [2.75, 3.05) is 60.2 Å². The molecule has 0 spiro atoms. The van der Waals surface area contributed by atoms with Gasteiger partial charge in [-0.3, -0.25) is 0 Å². The zero-order valence-corrected chi connectivity index (χ0v) is 21.2. The van der Waals surface area contributed by atoms with Crippen molar-refractivity contribution < 1.29 is 37.0 Å². The van der Waals surface area contributed by atoms with Crippen LogP contribution in [0.2, 0.25) is 0 Å². The van der Waals surface area contributed by atoms with E-state index in [0.717, 1.165) is 17.8 Å². The summed E-state index contributed by atoms with van der Waals surface area (Å²) >= 11 is 0. The second-order valence-corrected chi connectivity index (χ2v) is 8.79. The Morgan fingerprint density at radius 2 is 1.57 bits per heavy atom. The van der Waals surface area contributed by atoms with Gasteiger partial charge in [0.05, 0.1) is 23.5 Å². The van der Waals surface area contributed by atoms with Crippen molar-refractivity contribution in [1.29, 1.82) is 0 Å². The molecule has 0 saturated carbocycles. The van der Waals surface area contributed by atoms with Gasteiger partial charge >= 0.3 is 18.2 Å². The smallest absolute Gasteiger partial charge is 0.418 e. The fraction of sp³-hybridized carbons (Fsp3) is 0.259. The van der Waals surface area contributed by atoms with Crippen LogP contribution in [0.5, 0.6) is 5.75 Å². The first-order valence-corrected chi connectivity index (χ1v) is 12.3. The van der Waals surface area contributed by atoms with E-state index < -0.39 is 35.3 Å². The average molecular weight is 562 g/mol. The minimum Gasteiger partial charge on any atom is -0.491 e. The van der Waals surface area contributed by atoms with E-state index in [1.54, 1.807) is 30.3 Å². The van der Waals surface area contributed by atoms with Crippen molar-refractivity contribution in [3.63, 3.8) is 0 Å². The van der Waals surface area contributed by atoms with Crippen LogP contribution in [0.3, 0.4) is 0 Å². The highest BCUT2D eigenvalue weighted by molar-refractivity contribution is 5.99. The summed E-state index contributed by atoms with van der Waals surface area (Å²) in [5.74, 6) is -0.622. The van der Waals surface area contributed by atoms with Crippen molar-refractivity contribution in [3.05, 3.63) is 78.1 Å². The Bertz CT molecular complexity index is 1330. The molecule has 1 aliphatic rings. The Balaban J connectivity index is 1.30. The van der Waals surface area contributed by atoms with Crippen molar-refractivity contribution in [3.8, 4) is 5.75 Å². The molecule has 0 radical (unpaired) electrons. The highest BCUT2D eigenvalue weighted by atomic mass is 19.4. The number of amides is 4. The Morgan fingerprint density at radius 3 is 2.23 bits per heavy atom. The fourth-order valence-corrected chi connectivity index (χ4v) is 4.08. The highest BCUT2D eigenvalue weighted by Gasteiger charge is 2.35. The predicted molar refractivity (Wildman–Crippen MR) is 142 cm³/mol. The topological polar surface area (TPSA) is 106 Å². The van der Waals surface area contributed by atoms with Crippen LogP contribution in [0.25, 0.3) is 0 Å². The number of nitrogens with one attached hydrogen (secondary N) is 3. The minimum absolute atomic E-state index is 0.0530. The summed E-state index contributed by atoms with van der Waals surface area (Å²) in [6.45, 7) is 0.923. The number of benzene rings is 3. The number of hydrogen-bond donors (Lipinski definition) is 4. The van der Waals surface area contributed by atoms with Crippen molar-refractivity contribution in [2.24, 2.45) is 0 Å². The van der Waals surface area contributed by atoms with Gasteiger partial charge < -0.3 is 35.6 Å². The van der Waals surface area contributed by atoms with E-state index in [0.29, 0.717) is 18.8 Å². The minimum atomic E-state index is -4.72. The van der Waals surface area contributed by atoms with E-state index in [9.17, 15) is 27.2 Å². The monoisotopic (exact) mass is 561 g/mol. The Hall–Kier alpha value is -4.52. The zero-order valence-electron chi connectivity index (χ0n) is 21.2. The molecule has 0 aromatic heterocycles. The first-order chi connectivity index (χ1) is 19.1. The van der Waals surface area contributed by atoms with E-state index in [-0.39, 0.29) is 37.7 Å². The van der Waals surface area contributed by atoms with Gasteiger partial charge in [0.15, 0.2) is 0 Å². The molecule has 13 heteroatoms. The maximum absolute atomic E-state index is 13.7. The number of carbonyl (C=O) groups is 2. The van der Waals surface area contributed by atoms with Crippen LogP contribution < -0.4 is 25.6 Å². The molecule has 1 aliphatic heterocycles. The van der Waals surface area contributed by atoms with E-state index in [2.05, 4.69) is 16.0 Å². The van der Waals surface area contributed by atoms with Gasteiger partial charge in [-0.1, -0.05) is 12.1 Å². The lowest BCUT2D eigenvalue weighted by Gasteiger charge is -2.36. The molecule has 3 aromatic rings. The standard InChI is InChI=1S/C27H27F4N5O4/c28-22-3-1-2-4-24(22)33-25(38)32-18-5-7-19(8-6-18)35-11-13-36(14-12-35)26(39)34-23-10-9-20(40-16-15-37)17-21(23)27(29,30)31/h1-10,17,37H,11-16H2,(H,34,39)(H2,32,33,38). The number of alkyl halides is 3. The Labute approximate surface area is 227 Å². The average Bonchev–Trinajstić information content (AvgIpc) is 2.93. The highest BCUT2D eigenvalue weighted by Crippen LogP contribution is 2.37. The van der Waals surface area contributed by atoms with Crippen LogP contribution in [0, 0.1) is 5.82 Å². The summed E-state index contributed by atoms with van der Waals surface area (Å²) in [7, 11) is 0. The Kier molecular flexibility index (Phi) is 8.94. The lowest BCUT2D eigenvalue weighted by Crippen LogP contribution is -2.50. The Morgan fingerprint density at radius 1 is 0.875 bits per heavy atom. The van der Waals surface area contributed by atoms with E-state index in [1.165, 1.54) is 29.2 Å². The van der Waals surface area contributed by atoms with Crippen molar-refractivity contribution in [1.82, 2.24) is 4.90 Å². The number of hydrogen-bond acceptors (Lipinski definition) is 5. The number of urea groups is 2. The molecule has 0 atom stereocenters. The van der Waals surface area contributed by atoms with E-state index in [1.807, 2.05) is 4.90 Å². The first kappa shape index (κ1) is 28.5. The lowest BCUT2D eigenvalue weighted by atomic mass is 10.1. The van der Waals surface area contributed by atoms with Gasteiger partial charge in [0, 0.05) is 37.6 Å². The maximum atomic E-state index is 13.7. The van der Waals surface area contributed by atoms with Crippen LogP contribution in [-0.2, 0) is 6.18 Å². The lowest BCUT2D eigenvalue weighted by molar-refractivity contribution is -0.137. The van der Waals surface area contributed by atoms with Crippen LogP contribution >= 0.6 is 0 Å². The molecule has 9 nitrogen and oxygen atoms in total. The third-order valence-electron chi connectivity index (χ3n) is 6.08. The molecule has 4 amide bonds. The number of rotatable bonds is 7. The quantitative estimate of drug-likeness (QED) is 0.296. The van der Waals surface area contributed by atoms with Gasteiger partial charge in [0.2, 0.25) is 0 Å². The number of aliphatic hydroxyl groups excluding tert-OH is 1. The number of aliphatic hydroxyl groups is 1. The summed E-state index contributed by atoms with van der Waals surface area (Å²) in [4.78, 5) is 28.3. The second kappa shape index (κ2) is 12.6. The summed E-state index contributed by atoms with van der Waals surface area (Å²) in [6.07, 6.45) is -4.72. The number of ether oxygens (including phenoxy) is 1. The first-order valence-electron chi connectivity index (χ1n) is 12.3. The molecule has 3 aromatic carbocycles. The van der Waals surface area contributed by atoms with Crippen LogP contribution in [0.15, 0.2) is 66.7 Å². The molecule has 0 bridgehead atoms. The van der Waals surface area contributed by atoms with Crippen molar-refractivity contribution >= 4 is 34.8 Å². The molecule has 4 N–H and O–H groups in total. The fourth-order valence-electron chi connectivity index (χ4n) is 4.08. The predicted octanol–water partition coefficient (Wildman–Crippen LogP) is 5.21. The molecule has 1 fully saturated rings. The number of para-hydroxylation sites is 1. The molecule has 0 aliphatic carbocycles. The summed E-state index contributed by atoms with van der Waals surface area (Å²) in [5.41, 5.74) is -0.0661. The van der Waals surface area contributed by atoms with E-state index in [4.69, 9.17) is 9.84 Å². The molecule has 4 rings (SSSR count). The number of halogens is 4. The molecule has 1 saturated heterocycles. The number of nitrogens with zero attached hydrogens (tertiary/aromatic N) is 2. The zero-order chi connectivity index (χ0) is 28.7. The largest absolute Gasteiger partial charge is 0.491 e. The maximum Gasteiger partial charge on any atom is 0.418 e. The van der Waals surface area contributed by atoms with Crippen LogP contribution in [0.1, 0.15) is 5.56 Å². The number of anilines is 4. The molecule has 40 heavy (non-hydrogen) atoms. The number of piperazine rings is 1. The van der Waals surface area contributed by atoms with Crippen LogP contribution in [-0.4, -0.2) is 61.5 Å². The van der Waals surface area contributed by atoms with Crippen LogP contribution in [0.4, 0.5) is 49.9 Å².